The number of aryl methyl sites for hydroxylation is 4. The maximum absolute atomic E-state index is 12.5. The number of carbonyl (C=O) groups is 1. The summed E-state index contributed by atoms with van der Waals surface area (Å²) in [6.07, 6.45) is 4.45. The lowest BCUT2D eigenvalue weighted by molar-refractivity contribution is 0.0954. The number of carbonyl (C=O) groups excluding carboxylic acids is 1. The molecule has 0 radical (unpaired) electrons. The topological polar surface area (TPSA) is 59.3 Å². The molecule has 2 aromatic heterocycles. The van der Waals surface area contributed by atoms with Crippen molar-refractivity contribution >= 4 is 11.6 Å². The monoisotopic (exact) mass is 364 g/mol. The second-order valence-corrected chi connectivity index (χ2v) is 7.27. The van der Waals surface area contributed by atoms with Crippen molar-refractivity contribution in [2.24, 2.45) is 0 Å². The summed E-state index contributed by atoms with van der Waals surface area (Å²) in [5.41, 5.74) is 8.14. The van der Waals surface area contributed by atoms with E-state index < -0.39 is 0 Å². The number of hydrogen-bond acceptors (Lipinski definition) is 3. The lowest BCUT2D eigenvalue weighted by Gasteiger charge is -2.13. The summed E-state index contributed by atoms with van der Waals surface area (Å²) in [5.74, 6) is -0.105. The molecule has 3 aromatic rings. The summed E-state index contributed by atoms with van der Waals surface area (Å²) in [6.45, 7) is 11.1. The van der Waals surface area contributed by atoms with Crippen molar-refractivity contribution in [1.29, 1.82) is 0 Å². The van der Waals surface area contributed by atoms with Gasteiger partial charge in [-0.3, -0.25) is 4.79 Å². The Balaban J connectivity index is 1.97. The summed E-state index contributed by atoms with van der Waals surface area (Å²) in [7, 11) is 0. The van der Waals surface area contributed by atoms with Gasteiger partial charge < -0.3 is 5.32 Å². The largest absolute Gasteiger partial charge is 0.352 e. The maximum Gasteiger partial charge on any atom is 0.256 e. The molecule has 1 amide bonds. The average Bonchev–Trinajstić information content (AvgIpc) is 3.05. The second-order valence-electron chi connectivity index (χ2n) is 7.27. The molecule has 5 nitrogen and oxygen atoms in total. The molecule has 3 rings (SSSR count). The van der Waals surface area contributed by atoms with E-state index in [1.165, 1.54) is 16.7 Å². The normalized spacial score (nSPS) is 11.1. The van der Waals surface area contributed by atoms with E-state index in [0.717, 1.165) is 36.2 Å². The van der Waals surface area contributed by atoms with E-state index in [1.807, 2.05) is 13.8 Å². The first-order valence-electron chi connectivity index (χ1n) is 9.60. The minimum atomic E-state index is -0.105. The molecule has 0 aliphatic carbocycles. The third-order valence-electron chi connectivity index (χ3n) is 5.14. The van der Waals surface area contributed by atoms with Gasteiger partial charge in [0.1, 0.15) is 5.56 Å². The van der Waals surface area contributed by atoms with Crippen LogP contribution in [0.25, 0.3) is 5.65 Å². The van der Waals surface area contributed by atoms with E-state index in [4.69, 9.17) is 4.98 Å². The lowest BCUT2D eigenvalue weighted by atomic mass is 9.97. The van der Waals surface area contributed by atoms with Crippen LogP contribution in [-0.4, -0.2) is 27.0 Å². The Hall–Kier alpha value is -2.69. The highest BCUT2D eigenvalue weighted by atomic mass is 16.1. The Bertz CT molecular complexity index is 988. The van der Waals surface area contributed by atoms with Crippen molar-refractivity contribution in [3.8, 4) is 0 Å². The summed E-state index contributed by atoms with van der Waals surface area (Å²) >= 11 is 0. The molecule has 5 heteroatoms. The number of fused-ring (bicyclic) bond motifs is 1. The molecule has 142 valence electrons. The smallest absolute Gasteiger partial charge is 0.256 e. The molecule has 2 heterocycles. The quantitative estimate of drug-likeness (QED) is 0.670. The van der Waals surface area contributed by atoms with Crippen LogP contribution in [0.5, 0.6) is 0 Å². The number of amides is 1. The Labute approximate surface area is 160 Å². The number of benzene rings is 1. The fourth-order valence-electron chi connectivity index (χ4n) is 3.38. The molecule has 0 atom stereocenters. The van der Waals surface area contributed by atoms with Crippen LogP contribution in [0.15, 0.2) is 24.4 Å². The standard InChI is InChI=1S/C22H28N4O/c1-6-7-10-23-22(27)20-13-24-26-17(5)19(16(4)25-21(20)26)12-18-11-14(2)8-9-15(18)3/h8-9,11,13H,6-7,10,12H2,1-5H3,(H,23,27). The van der Waals surface area contributed by atoms with Gasteiger partial charge in [0.25, 0.3) is 5.91 Å². The highest BCUT2D eigenvalue weighted by molar-refractivity contribution is 5.99. The highest BCUT2D eigenvalue weighted by Crippen LogP contribution is 2.22. The molecule has 1 N–H and O–H groups in total. The molecule has 0 spiro atoms. The zero-order valence-electron chi connectivity index (χ0n) is 16.9. The molecule has 0 fully saturated rings. The van der Waals surface area contributed by atoms with Gasteiger partial charge in [-0.2, -0.15) is 5.10 Å². The van der Waals surface area contributed by atoms with Gasteiger partial charge in [-0.15, -0.1) is 0 Å². The van der Waals surface area contributed by atoms with Crippen LogP contribution in [0.2, 0.25) is 0 Å². The molecule has 0 saturated carbocycles. The Morgan fingerprint density at radius 2 is 1.96 bits per heavy atom. The van der Waals surface area contributed by atoms with Crippen molar-refractivity contribution < 1.29 is 4.79 Å². The van der Waals surface area contributed by atoms with Crippen molar-refractivity contribution in [1.82, 2.24) is 19.9 Å². The van der Waals surface area contributed by atoms with Gasteiger partial charge in [0.2, 0.25) is 0 Å². The van der Waals surface area contributed by atoms with Crippen molar-refractivity contribution in [2.75, 3.05) is 6.54 Å². The summed E-state index contributed by atoms with van der Waals surface area (Å²) < 4.78 is 1.79. The fraction of sp³-hybridized carbons (Fsp3) is 0.409. The molecule has 1 aromatic carbocycles. The Morgan fingerprint density at radius 1 is 1.19 bits per heavy atom. The SMILES string of the molecule is CCCCNC(=O)c1cnn2c(C)c(Cc3cc(C)ccc3C)c(C)nc12. The summed E-state index contributed by atoms with van der Waals surface area (Å²) in [4.78, 5) is 17.2. The van der Waals surface area contributed by atoms with Gasteiger partial charge in [0.15, 0.2) is 5.65 Å². The third kappa shape index (κ3) is 3.87. The van der Waals surface area contributed by atoms with Gasteiger partial charge in [-0.1, -0.05) is 37.1 Å². The Morgan fingerprint density at radius 3 is 2.70 bits per heavy atom. The first kappa shape index (κ1) is 19.1. The highest BCUT2D eigenvalue weighted by Gasteiger charge is 2.18. The van der Waals surface area contributed by atoms with E-state index in [1.54, 1.807) is 10.7 Å². The lowest BCUT2D eigenvalue weighted by Crippen LogP contribution is -2.24. The molecule has 27 heavy (non-hydrogen) atoms. The maximum atomic E-state index is 12.5. The van der Waals surface area contributed by atoms with Crippen molar-refractivity contribution in [3.05, 3.63) is 63.6 Å². The van der Waals surface area contributed by atoms with E-state index >= 15 is 0 Å². The van der Waals surface area contributed by atoms with E-state index in [2.05, 4.69) is 49.4 Å². The molecule has 0 bridgehead atoms. The molecular weight excluding hydrogens is 336 g/mol. The number of rotatable bonds is 6. The van der Waals surface area contributed by atoms with Crippen LogP contribution < -0.4 is 5.32 Å². The zero-order chi connectivity index (χ0) is 19.6. The van der Waals surface area contributed by atoms with E-state index in [-0.39, 0.29) is 5.91 Å². The second kappa shape index (κ2) is 7.91. The number of aromatic nitrogens is 3. The van der Waals surface area contributed by atoms with E-state index in [0.29, 0.717) is 17.8 Å². The predicted molar refractivity (Wildman–Crippen MR) is 108 cm³/mol. The number of hydrogen-bond donors (Lipinski definition) is 1. The van der Waals surface area contributed by atoms with Crippen molar-refractivity contribution in [2.45, 2.75) is 53.9 Å². The molecule has 0 aliphatic heterocycles. The van der Waals surface area contributed by atoms with E-state index in [9.17, 15) is 4.79 Å². The number of nitrogens with one attached hydrogen (secondary N) is 1. The minimum absolute atomic E-state index is 0.105. The molecule has 0 saturated heterocycles. The van der Waals surface area contributed by atoms with Crippen molar-refractivity contribution in [3.63, 3.8) is 0 Å². The molecular formula is C22H28N4O. The first-order chi connectivity index (χ1) is 12.9. The van der Waals surface area contributed by atoms with Gasteiger partial charge in [0, 0.05) is 24.4 Å². The van der Waals surface area contributed by atoms with Gasteiger partial charge in [0.05, 0.1) is 6.20 Å². The van der Waals surface area contributed by atoms with Gasteiger partial charge >= 0.3 is 0 Å². The number of nitrogens with zero attached hydrogens (tertiary/aromatic N) is 3. The summed E-state index contributed by atoms with van der Waals surface area (Å²) in [6, 6.07) is 6.53. The van der Waals surface area contributed by atoms with Crippen LogP contribution in [0.1, 0.15) is 63.8 Å². The minimum Gasteiger partial charge on any atom is -0.352 e. The molecule has 0 unspecified atom stereocenters. The van der Waals surface area contributed by atoms with Gasteiger partial charge in [-0.05, 0) is 50.8 Å². The third-order valence-corrected chi connectivity index (χ3v) is 5.14. The fourth-order valence-corrected chi connectivity index (χ4v) is 3.38. The zero-order valence-corrected chi connectivity index (χ0v) is 16.9. The van der Waals surface area contributed by atoms with Crippen LogP contribution in [-0.2, 0) is 6.42 Å². The van der Waals surface area contributed by atoms with Crippen LogP contribution >= 0.6 is 0 Å². The van der Waals surface area contributed by atoms with Crippen LogP contribution in [0, 0.1) is 27.7 Å². The predicted octanol–water partition coefficient (Wildman–Crippen LogP) is 4.08. The average molecular weight is 364 g/mol. The molecule has 0 aliphatic rings. The van der Waals surface area contributed by atoms with Crippen LogP contribution in [0.4, 0.5) is 0 Å². The number of unbranched alkanes of at least 4 members (excludes halogenated alkanes) is 1. The first-order valence-corrected chi connectivity index (χ1v) is 9.60. The summed E-state index contributed by atoms with van der Waals surface area (Å²) in [5, 5.41) is 7.40. The Kier molecular flexibility index (Phi) is 5.59. The van der Waals surface area contributed by atoms with Crippen LogP contribution in [0.3, 0.4) is 0 Å². The van der Waals surface area contributed by atoms with Gasteiger partial charge in [-0.25, -0.2) is 9.50 Å².